The Bertz CT molecular complexity index is 588. The van der Waals surface area contributed by atoms with Crippen molar-refractivity contribution in [2.75, 3.05) is 6.54 Å². The van der Waals surface area contributed by atoms with Gasteiger partial charge in [-0.15, -0.1) is 0 Å². The van der Waals surface area contributed by atoms with Crippen LogP contribution in [-0.4, -0.2) is 6.54 Å². The Labute approximate surface area is 132 Å². The first-order valence-electron chi connectivity index (χ1n) is 6.47. The van der Waals surface area contributed by atoms with Crippen LogP contribution in [0.1, 0.15) is 11.1 Å². The molecule has 4 heteroatoms. The molecule has 2 N–H and O–H groups in total. The van der Waals surface area contributed by atoms with Crippen LogP contribution in [0.4, 0.5) is 4.39 Å². The van der Waals surface area contributed by atoms with E-state index in [-0.39, 0.29) is 11.7 Å². The Morgan fingerprint density at radius 3 is 2.60 bits per heavy atom. The van der Waals surface area contributed by atoms with Gasteiger partial charge in [-0.1, -0.05) is 45.7 Å². The van der Waals surface area contributed by atoms with E-state index in [9.17, 15) is 4.39 Å². The molecule has 2 rings (SSSR count). The fourth-order valence-corrected chi connectivity index (χ4v) is 2.78. The van der Waals surface area contributed by atoms with Crippen LogP contribution in [0.15, 0.2) is 46.9 Å². The summed E-state index contributed by atoms with van der Waals surface area (Å²) in [6.45, 7) is 0.516. The van der Waals surface area contributed by atoms with Crippen molar-refractivity contribution >= 4 is 27.5 Å². The Morgan fingerprint density at radius 1 is 1.15 bits per heavy atom. The average Bonchev–Trinajstić information content (AvgIpc) is 2.41. The molecular formula is C16H16BrClFN. The van der Waals surface area contributed by atoms with E-state index in [4.69, 9.17) is 17.3 Å². The molecule has 0 heterocycles. The summed E-state index contributed by atoms with van der Waals surface area (Å²) in [6.07, 6.45) is 1.43. The molecule has 1 nitrogen and oxygen atoms in total. The van der Waals surface area contributed by atoms with Crippen LogP contribution >= 0.6 is 27.5 Å². The number of hydrogen-bond acceptors (Lipinski definition) is 1. The molecule has 1 atom stereocenters. The molecule has 0 bridgehead atoms. The molecular weight excluding hydrogens is 341 g/mol. The normalized spacial score (nSPS) is 12.4. The lowest BCUT2D eigenvalue weighted by Gasteiger charge is -2.15. The minimum absolute atomic E-state index is 0.191. The highest BCUT2D eigenvalue weighted by Crippen LogP contribution is 2.21. The second-order valence-electron chi connectivity index (χ2n) is 4.88. The zero-order valence-corrected chi connectivity index (χ0v) is 13.3. The van der Waals surface area contributed by atoms with Gasteiger partial charge in [0.25, 0.3) is 0 Å². The number of nitrogens with two attached hydrogens (primary N) is 1. The Hall–Kier alpha value is -0.900. The fourth-order valence-electron chi connectivity index (χ4n) is 2.23. The third-order valence-corrected chi connectivity index (χ3v) is 4.00. The topological polar surface area (TPSA) is 26.0 Å². The van der Waals surface area contributed by atoms with Crippen molar-refractivity contribution in [3.8, 4) is 0 Å². The number of benzene rings is 2. The fraction of sp³-hybridized carbons (Fsp3) is 0.250. The summed E-state index contributed by atoms with van der Waals surface area (Å²) >= 11 is 9.24. The predicted molar refractivity (Wildman–Crippen MR) is 85.5 cm³/mol. The quantitative estimate of drug-likeness (QED) is 0.832. The van der Waals surface area contributed by atoms with E-state index in [1.54, 1.807) is 6.07 Å². The minimum atomic E-state index is -0.191. The molecule has 2 aromatic rings. The van der Waals surface area contributed by atoms with E-state index < -0.39 is 0 Å². The van der Waals surface area contributed by atoms with Gasteiger partial charge in [0.05, 0.1) is 0 Å². The van der Waals surface area contributed by atoms with Crippen LogP contribution in [0.2, 0.25) is 5.02 Å². The van der Waals surface area contributed by atoms with Gasteiger partial charge in [-0.05, 0) is 60.7 Å². The Balaban J connectivity index is 2.09. The van der Waals surface area contributed by atoms with Gasteiger partial charge in [-0.25, -0.2) is 4.39 Å². The van der Waals surface area contributed by atoms with Crippen molar-refractivity contribution in [3.63, 3.8) is 0 Å². The SMILES string of the molecule is NCC(Cc1cccc(Cl)c1)Cc1ccc(Br)cc1F. The lowest BCUT2D eigenvalue weighted by atomic mass is 9.92. The lowest BCUT2D eigenvalue weighted by molar-refractivity contribution is 0.511. The van der Waals surface area contributed by atoms with Crippen molar-refractivity contribution in [2.45, 2.75) is 12.8 Å². The van der Waals surface area contributed by atoms with Gasteiger partial charge < -0.3 is 5.73 Å². The number of hydrogen-bond donors (Lipinski definition) is 1. The van der Waals surface area contributed by atoms with E-state index >= 15 is 0 Å². The molecule has 2 aromatic carbocycles. The molecule has 106 valence electrons. The summed E-state index contributed by atoms with van der Waals surface area (Å²) in [7, 11) is 0. The summed E-state index contributed by atoms with van der Waals surface area (Å²) in [4.78, 5) is 0. The maximum Gasteiger partial charge on any atom is 0.127 e. The third-order valence-electron chi connectivity index (χ3n) is 3.27. The molecule has 0 aromatic heterocycles. The molecule has 0 aliphatic carbocycles. The first-order chi connectivity index (χ1) is 9.58. The maximum atomic E-state index is 13.9. The van der Waals surface area contributed by atoms with Gasteiger partial charge in [0.1, 0.15) is 5.82 Å². The molecule has 0 radical (unpaired) electrons. The second kappa shape index (κ2) is 7.21. The molecule has 0 saturated carbocycles. The molecule has 20 heavy (non-hydrogen) atoms. The first-order valence-corrected chi connectivity index (χ1v) is 7.64. The highest BCUT2D eigenvalue weighted by atomic mass is 79.9. The van der Waals surface area contributed by atoms with Gasteiger partial charge in [0, 0.05) is 9.50 Å². The molecule has 0 spiro atoms. The summed E-state index contributed by atoms with van der Waals surface area (Å²) in [6, 6.07) is 12.9. The average molecular weight is 357 g/mol. The van der Waals surface area contributed by atoms with Crippen molar-refractivity contribution in [2.24, 2.45) is 11.7 Å². The molecule has 0 aliphatic heterocycles. The Morgan fingerprint density at radius 2 is 1.95 bits per heavy atom. The lowest BCUT2D eigenvalue weighted by Crippen LogP contribution is -2.20. The van der Waals surface area contributed by atoms with Gasteiger partial charge in [-0.3, -0.25) is 0 Å². The zero-order chi connectivity index (χ0) is 14.5. The van der Waals surface area contributed by atoms with Gasteiger partial charge in [0.15, 0.2) is 0 Å². The largest absolute Gasteiger partial charge is 0.330 e. The molecule has 0 aliphatic rings. The minimum Gasteiger partial charge on any atom is -0.330 e. The van der Waals surface area contributed by atoms with Crippen LogP contribution in [0, 0.1) is 11.7 Å². The highest BCUT2D eigenvalue weighted by molar-refractivity contribution is 9.10. The van der Waals surface area contributed by atoms with Gasteiger partial charge >= 0.3 is 0 Å². The third kappa shape index (κ3) is 4.30. The van der Waals surface area contributed by atoms with E-state index in [1.807, 2.05) is 30.3 Å². The van der Waals surface area contributed by atoms with E-state index in [2.05, 4.69) is 15.9 Å². The monoisotopic (exact) mass is 355 g/mol. The van der Waals surface area contributed by atoms with Crippen LogP contribution in [0.25, 0.3) is 0 Å². The van der Waals surface area contributed by atoms with E-state index in [0.717, 1.165) is 16.5 Å². The van der Waals surface area contributed by atoms with Crippen LogP contribution in [-0.2, 0) is 12.8 Å². The standard InChI is InChI=1S/C16H16BrClFN/c17-14-5-4-13(16(19)9-14)7-12(10-20)6-11-2-1-3-15(18)8-11/h1-5,8-9,12H,6-7,10,20H2. The number of rotatable bonds is 5. The summed E-state index contributed by atoms with van der Waals surface area (Å²) in [5, 5.41) is 0.716. The van der Waals surface area contributed by atoms with Crippen LogP contribution in [0.5, 0.6) is 0 Å². The summed E-state index contributed by atoms with van der Waals surface area (Å²) in [5.41, 5.74) is 7.65. The predicted octanol–water partition coefficient (Wildman–Crippen LogP) is 4.60. The van der Waals surface area contributed by atoms with Gasteiger partial charge in [-0.2, -0.15) is 0 Å². The summed E-state index contributed by atoms with van der Waals surface area (Å²) in [5.74, 6) is 0.00746. The van der Waals surface area contributed by atoms with E-state index in [0.29, 0.717) is 23.6 Å². The first kappa shape index (κ1) is 15.5. The van der Waals surface area contributed by atoms with Crippen molar-refractivity contribution in [1.82, 2.24) is 0 Å². The highest BCUT2D eigenvalue weighted by Gasteiger charge is 2.12. The molecule has 1 unspecified atom stereocenters. The second-order valence-corrected chi connectivity index (χ2v) is 6.23. The maximum absolute atomic E-state index is 13.9. The van der Waals surface area contributed by atoms with Crippen molar-refractivity contribution < 1.29 is 4.39 Å². The van der Waals surface area contributed by atoms with Crippen LogP contribution < -0.4 is 5.73 Å². The van der Waals surface area contributed by atoms with E-state index in [1.165, 1.54) is 6.07 Å². The van der Waals surface area contributed by atoms with Crippen molar-refractivity contribution in [1.29, 1.82) is 0 Å². The molecule has 0 fully saturated rings. The smallest absolute Gasteiger partial charge is 0.127 e. The number of halogens is 3. The van der Waals surface area contributed by atoms with Crippen LogP contribution in [0.3, 0.4) is 0 Å². The van der Waals surface area contributed by atoms with Gasteiger partial charge in [0.2, 0.25) is 0 Å². The molecule has 0 amide bonds. The van der Waals surface area contributed by atoms with Crippen molar-refractivity contribution in [3.05, 3.63) is 68.9 Å². The Kier molecular flexibility index (Phi) is 5.58. The molecule has 0 saturated heterocycles. The zero-order valence-electron chi connectivity index (χ0n) is 11.0. The summed E-state index contributed by atoms with van der Waals surface area (Å²) < 4.78 is 14.6.